The van der Waals surface area contributed by atoms with Gasteiger partial charge in [-0.15, -0.1) is 6.58 Å². The first-order chi connectivity index (χ1) is 12.9. The van der Waals surface area contributed by atoms with E-state index in [9.17, 15) is 30.0 Å². The van der Waals surface area contributed by atoms with Gasteiger partial charge in [0.2, 0.25) is 6.29 Å². The highest BCUT2D eigenvalue weighted by Gasteiger charge is 2.47. The number of hydrogen-bond acceptors (Lipinski definition) is 10. The van der Waals surface area contributed by atoms with Gasteiger partial charge in [-0.25, -0.2) is 4.79 Å². The molecule has 0 saturated carbocycles. The Labute approximate surface area is 155 Å². The highest BCUT2D eigenvalue weighted by atomic mass is 16.8. The van der Waals surface area contributed by atoms with Crippen molar-refractivity contribution in [3.05, 3.63) is 24.5 Å². The summed E-state index contributed by atoms with van der Waals surface area (Å²) in [4.78, 5) is 23.0. The molecule has 0 aromatic carbocycles. The zero-order valence-corrected chi connectivity index (χ0v) is 14.7. The van der Waals surface area contributed by atoms with Crippen molar-refractivity contribution in [1.82, 2.24) is 0 Å². The van der Waals surface area contributed by atoms with E-state index >= 15 is 0 Å². The van der Waals surface area contributed by atoms with Crippen molar-refractivity contribution in [1.29, 1.82) is 0 Å². The van der Waals surface area contributed by atoms with E-state index in [2.05, 4.69) is 11.3 Å². The molecule has 0 spiro atoms. The summed E-state index contributed by atoms with van der Waals surface area (Å²) in [5.41, 5.74) is 0.128. The zero-order valence-electron chi connectivity index (χ0n) is 14.7. The van der Waals surface area contributed by atoms with Crippen LogP contribution in [0.5, 0.6) is 0 Å². The largest absolute Gasteiger partial charge is 0.471 e. The molecule has 4 N–H and O–H groups in total. The van der Waals surface area contributed by atoms with E-state index in [1.807, 2.05) is 0 Å². The molecule has 152 valence electrons. The average molecular weight is 388 g/mol. The van der Waals surface area contributed by atoms with Crippen molar-refractivity contribution in [3.63, 3.8) is 0 Å². The number of carbonyl (C=O) groups excluding carboxylic acids is 2. The summed E-state index contributed by atoms with van der Waals surface area (Å²) in [5, 5.41) is 39.0. The summed E-state index contributed by atoms with van der Waals surface area (Å²) >= 11 is 0. The number of hydrogen-bond donors (Lipinski definition) is 4. The third kappa shape index (κ3) is 4.37. The summed E-state index contributed by atoms with van der Waals surface area (Å²) in [7, 11) is 1.20. The van der Waals surface area contributed by atoms with Crippen molar-refractivity contribution in [2.45, 2.75) is 43.4 Å². The van der Waals surface area contributed by atoms with Gasteiger partial charge in [-0.2, -0.15) is 0 Å². The number of aldehydes is 1. The van der Waals surface area contributed by atoms with Gasteiger partial charge in [-0.3, -0.25) is 0 Å². The van der Waals surface area contributed by atoms with Crippen LogP contribution in [0.4, 0.5) is 0 Å². The molecule has 10 heteroatoms. The fourth-order valence-electron chi connectivity index (χ4n) is 3.13. The maximum atomic E-state index is 11.9. The van der Waals surface area contributed by atoms with E-state index in [0.29, 0.717) is 6.29 Å². The molecular weight excluding hydrogens is 364 g/mol. The number of methoxy groups -OCH3 is 1. The number of aliphatic hydroxyl groups excluding tert-OH is 4. The van der Waals surface area contributed by atoms with E-state index in [1.54, 1.807) is 0 Å². The topological polar surface area (TPSA) is 152 Å². The smallest absolute Gasteiger partial charge is 0.337 e. The molecule has 2 aliphatic rings. The molecule has 2 aliphatic heterocycles. The molecule has 27 heavy (non-hydrogen) atoms. The summed E-state index contributed by atoms with van der Waals surface area (Å²) in [6, 6.07) is 0. The van der Waals surface area contributed by atoms with Crippen molar-refractivity contribution in [2.75, 3.05) is 13.7 Å². The summed E-state index contributed by atoms with van der Waals surface area (Å²) in [5.74, 6) is -1.99. The van der Waals surface area contributed by atoms with Gasteiger partial charge in [0.05, 0.1) is 25.6 Å². The van der Waals surface area contributed by atoms with Crippen LogP contribution in [0.3, 0.4) is 0 Å². The van der Waals surface area contributed by atoms with Gasteiger partial charge in [0, 0.05) is 18.3 Å². The molecule has 8 atom stereocenters. The summed E-state index contributed by atoms with van der Waals surface area (Å²) in [6.07, 6.45) is -5.31. The molecule has 0 aromatic heterocycles. The first-order valence-electron chi connectivity index (χ1n) is 8.35. The van der Waals surface area contributed by atoms with E-state index in [-0.39, 0.29) is 12.0 Å². The number of rotatable bonds is 7. The molecule has 0 aromatic rings. The van der Waals surface area contributed by atoms with Crippen LogP contribution >= 0.6 is 0 Å². The standard InChI is InChI=1S/C17H24O10/c1-3-8-9(4-5-18)10(15(23)24-2)7-25-16(8)27-17-14(22)13(21)12(20)11(6-19)26-17/h3,5,7-9,11-14,16-17,19-22H,1,4,6H2,2H3/t8?,9?,11-,12-,13+,14-,16+,17+/m1/s1. The van der Waals surface area contributed by atoms with Crippen LogP contribution in [0.1, 0.15) is 6.42 Å². The molecule has 1 fully saturated rings. The summed E-state index contributed by atoms with van der Waals surface area (Å²) < 4.78 is 21.0. The Morgan fingerprint density at radius 1 is 1.26 bits per heavy atom. The Bertz CT molecular complexity index is 574. The lowest BCUT2D eigenvalue weighted by Crippen LogP contribution is -2.60. The molecule has 0 aliphatic carbocycles. The maximum Gasteiger partial charge on any atom is 0.337 e. The predicted octanol–water partition coefficient (Wildman–Crippen LogP) is -1.78. The predicted molar refractivity (Wildman–Crippen MR) is 87.7 cm³/mol. The minimum absolute atomic E-state index is 0.0322. The molecule has 2 heterocycles. The molecule has 2 unspecified atom stereocenters. The van der Waals surface area contributed by atoms with Crippen LogP contribution in [-0.2, 0) is 28.5 Å². The maximum absolute atomic E-state index is 11.9. The SMILES string of the molecule is C=CC1C(CC=O)C(C(=O)OC)=CO[C@H]1O[C@@H]1O[C@H](CO)[C@@H](O)[C@H](O)[C@H]1O. The quantitative estimate of drug-likeness (QED) is 0.224. The number of ether oxygens (including phenoxy) is 4. The van der Waals surface area contributed by atoms with Crippen LogP contribution in [0.15, 0.2) is 24.5 Å². The molecule has 0 radical (unpaired) electrons. The van der Waals surface area contributed by atoms with Gasteiger partial charge < -0.3 is 44.2 Å². The minimum atomic E-state index is -1.62. The summed E-state index contributed by atoms with van der Waals surface area (Å²) in [6.45, 7) is 3.06. The average Bonchev–Trinajstić information content (AvgIpc) is 2.68. The lowest BCUT2D eigenvalue weighted by Gasteiger charge is -2.42. The van der Waals surface area contributed by atoms with Gasteiger partial charge in [-0.05, 0) is 0 Å². The molecule has 1 saturated heterocycles. The van der Waals surface area contributed by atoms with E-state index in [1.165, 1.54) is 13.2 Å². The number of esters is 1. The molecule has 10 nitrogen and oxygen atoms in total. The fourth-order valence-corrected chi connectivity index (χ4v) is 3.13. The van der Waals surface area contributed by atoms with Gasteiger partial charge in [0.1, 0.15) is 30.7 Å². The normalized spacial score (nSPS) is 39.1. The number of aliphatic hydroxyl groups is 4. The van der Waals surface area contributed by atoms with E-state index in [0.717, 1.165) is 6.26 Å². The zero-order chi connectivity index (χ0) is 20.1. The Morgan fingerprint density at radius 3 is 2.52 bits per heavy atom. The van der Waals surface area contributed by atoms with Crippen molar-refractivity contribution >= 4 is 12.3 Å². The monoisotopic (exact) mass is 388 g/mol. The highest BCUT2D eigenvalue weighted by molar-refractivity contribution is 5.89. The van der Waals surface area contributed by atoms with Crippen LogP contribution in [0.25, 0.3) is 0 Å². The van der Waals surface area contributed by atoms with E-state index < -0.39 is 61.4 Å². The molecular formula is C17H24O10. The Morgan fingerprint density at radius 2 is 1.96 bits per heavy atom. The van der Waals surface area contributed by atoms with Crippen molar-refractivity contribution < 1.29 is 49.0 Å². The van der Waals surface area contributed by atoms with Gasteiger partial charge in [-0.1, -0.05) is 6.08 Å². The Kier molecular flexibility index (Phi) is 7.48. The van der Waals surface area contributed by atoms with Crippen LogP contribution in [0.2, 0.25) is 0 Å². The first kappa shape index (κ1) is 21.5. The first-order valence-corrected chi connectivity index (χ1v) is 8.35. The highest BCUT2D eigenvalue weighted by Crippen LogP contribution is 2.36. The van der Waals surface area contributed by atoms with Gasteiger partial charge >= 0.3 is 5.97 Å². The minimum Gasteiger partial charge on any atom is -0.471 e. The van der Waals surface area contributed by atoms with Gasteiger partial charge in [0.25, 0.3) is 0 Å². The lowest BCUT2D eigenvalue weighted by molar-refractivity contribution is -0.339. The molecule has 0 amide bonds. The van der Waals surface area contributed by atoms with E-state index in [4.69, 9.17) is 14.2 Å². The third-order valence-corrected chi connectivity index (χ3v) is 4.67. The van der Waals surface area contributed by atoms with Crippen LogP contribution < -0.4 is 0 Å². The van der Waals surface area contributed by atoms with Crippen LogP contribution in [-0.4, -0.2) is 83.4 Å². The number of carbonyl (C=O) groups is 2. The Hall–Kier alpha value is -1.82. The second kappa shape index (κ2) is 9.40. The fraction of sp³-hybridized carbons (Fsp3) is 0.647. The lowest BCUT2D eigenvalue weighted by atomic mass is 9.82. The second-order valence-corrected chi connectivity index (χ2v) is 6.22. The van der Waals surface area contributed by atoms with Crippen molar-refractivity contribution in [2.24, 2.45) is 11.8 Å². The molecule has 0 bridgehead atoms. The van der Waals surface area contributed by atoms with Crippen molar-refractivity contribution in [3.8, 4) is 0 Å². The molecule has 2 rings (SSSR count). The second-order valence-electron chi connectivity index (χ2n) is 6.22. The Balaban J connectivity index is 2.22. The van der Waals surface area contributed by atoms with Crippen LogP contribution in [0, 0.1) is 11.8 Å². The third-order valence-electron chi connectivity index (χ3n) is 4.67. The van der Waals surface area contributed by atoms with Gasteiger partial charge in [0.15, 0.2) is 6.29 Å².